The quantitative estimate of drug-likeness (QED) is 0.596. The lowest BCUT2D eigenvalue weighted by Crippen LogP contribution is -2.08. The maximum Gasteiger partial charge on any atom is 0.109 e. The minimum atomic E-state index is -0.390. The minimum absolute atomic E-state index is 0.313. The second-order valence-electron chi connectivity index (χ2n) is 2.90. The van der Waals surface area contributed by atoms with Crippen LogP contribution in [-0.4, -0.2) is 23.1 Å². The summed E-state index contributed by atoms with van der Waals surface area (Å²) < 4.78 is 20.3. The fourth-order valence-electron chi connectivity index (χ4n) is 1.12. The van der Waals surface area contributed by atoms with Crippen LogP contribution in [0.3, 0.4) is 0 Å². The van der Waals surface area contributed by atoms with E-state index in [4.69, 9.17) is 4.74 Å². The number of alkyl halides is 1. The summed E-state index contributed by atoms with van der Waals surface area (Å²) in [4.78, 5) is 0. The molecule has 0 aliphatic heterocycles. The Morgan fingerprint density at radius 2 is 2.43 bits per heavy atom. The van der Waals surface area contributed by atoms with Crippen LogP contribution < -0.4 is 0 Å². The van der Waals surface area contributed by atoms with E-state index in [-0.39, 0.29) is 0 Å². The molecule has 14 heavy (non-hydrogen) atoms. The van der Waals surface area contributed by atoms with Gasteiger partial charge in [0.1, 0.15) is 6.67 Å². The van der Waals surface area contributed by atoms with E-state index in [1.165, 1.54) is 0 Å². The fourth-order valence-corrected chi connectivity index (χ4v) is 1.68. The Morgan fingerprint density at radius 3 is 3.07 bits per heavy atom. The normalized spacial score (nSPS) is 10.8. The topological polar surface area (TPSA) is 27.1 Å². The van der Waals surface area contributed by atoms with E-state index in [1.54, 1.807) is 10.9 Å². The zero-order chi connectivity index (χ0) is 10.4. The van der Waals surface area contributed by atoms with Gasteiger partial charge in [-0.1, -0.05) is 6.92 Å². The van der Waals surface area contributed by atoms with Crippen molar-refractivity contribution in [1.82, 2.24) is 9.78 Å². The standard InChI is InChI=1S/C9H14FIN2O/c1-2-5-14-7-9-8(11)6-12-13(9)4-3-10/h6H,2-5,7H2,1H3. The first kappa shape index (κ1) is 11.9. The van der Waals surface area contributed by atoms with Gasteiger partial charge in [-0.05, 0) is 29.0 Å². The highest BCUT2D eigenvalue weighted by molar-refractivity contribution is 14.1. The van der Waals surface area contributed by atoms with Crippen LogP contribution in [0.25, 0.3) is 0 Å². The molecule has 1 aromatic heterocycles. The molecule has 0 bridgehead atoms. The van der Waals surface area contributed by atoms with Crippen LogP contribution in [0.5, 0.6) is 0 Å². The van der Waals surface area contributed by atoms with Gasteiger partial charge in [-0.15, -0.1) is 0 Å². The van der Waals surface area contributed by atoms with Crippen molar-refractivity contribution in [1.29, 1.82) is 0 Å². The Morgan fingerprint density at radius 1 is 1.64 bits per heavy atom. The number of halogens is 2. The van der Waals surface area contributed by atoms with Gasteiger partial charge in [-0.2, -0.15) is 5.10 Å². The number of aryl methyl sites for hydroxylation is 1. The first-order valence-electron chi connectivity index (χ1n) is 4.63. The Bertz CT molecular complexity index is 278. The van der Waals surface area contributed by atoms with Crippen molar-refractivity contribution in [2.75, 3.05) is 13.3 Å². The van der Waals surface area contributed by atoms with E-state index in [1.807, 2.05) is 0 Å². The van der Waals surface area contributed by atoms with Crippen molar-refractivity contribution in [2.24, 2.45) is 0 Å². The van der Waals surface area contributed by atoms with Crippen LogP contribution in [0.4, 0.5) is 4.39 Å². The van der Waals surface area contributed by atoms with Crippen LogP contribution >= 0.6 is 22.6 Å². The fraction of sp³-hybridized carbons (Fsp3) is 0.667. The van der Waals surface area contributed by atoms with Crippen molar-refractivity contribution in [3.63, 3.8) is 0 Å². The number of aromatic nitrogens is 2. The molecule has 0 atom stereocenters. The van der Waals surface area contributed by atoms with Crippen LogP contribution in [0, 0.1) is 3.57 Å². The molecule has 1 rings (SSSR count). The summed E-state index contributed by atoms with van der Waals surface area (Å²) in [5.41, 5.74) is 0.969. The molecule has 0 aliphatic carbocycles. The zero-order valence-corrected chi connectivity index (χ0v) is 10.3. The average molecular weight is 312 g/mol. The van der Waals surface area contributed by atoms with E-state index < -0.39 is 6.67 Å². The number of hydrogen-bond donors (Lipinski definition) is 0. The van der Waals surface area contributed by atoms with Gasteiger partial charge < -0.3 is 4.74 Å². The predicted octanol–water partition coefficient (Wildman–Crippen LogP) is 2.38. The molecule has 0 fully saturated rings. The van der Waals surface area contributed by atoms with Gasteiger partial charge >= 0.3 is 0 Å². The molecule has 80 valence electrons. The molecule has 0 unspecified atom stereocenters. The zero-order valence-electron chi connectivity index (χ0n) is 8.17. The van der Waals surface area contributed by atoms with Crippen molar-refractivity contribution in [2.45, 2.75) is 26.5 Å². The highest BCUT2D eigenvalue weighted by atomic mass is 127. The van der Waals surface area contributed by atoms with Crippen LogP contribution in [0.2, 0.25) is 0 Å². The van der Waals surface area contributed by atoms with Gasteiger partial charge in [0.05, 0.1) is 28.6 Å². The largest absolute Gasteiger partial charge is 0.375 e. The van der Waals surface area contributed by atoms with E-state index >= 15 is 0 Å². The number of hydrogen-bond acceptors (Lipinski definition) is 2. The van der Waals surface area contributed by atoms with E-state index in [0.29, 0.717) is 13.2 Å². The molecular formula is C9H14FIN2O. The summed E-state index contributed by atoms with van der Waals surface area (Å²) in [6.07, 6.45) is 2.73. The molecular weight excluding hydrogens is 298 g/mol. The molecule has 0 aromatic carbocycles. The Labute approximate surface area is 96.8 Å². The summed E-state index contributed by atoms with van der Waals surface area (Å²) in [5.74, 6) is 0. The number of nitrogens with zero attached hydrogens (tertiary/aromatic N) is 2. The second-order valence-corrected chi connectivity index (χ2v) is 4.07. The summed E-state index contributed by atoms with van der Waals surface area (Å²) >= 11 is 2.19. The van der Waals surface area contributed by atoms with Gasteiger partial charge in [0.2, 0.25) is 0 Å². The average Bonchev–Trinajstić information content (AvgIpc) is 2.50. The molecule has 0 spiro atoms. The highest BCUT2D eigenvalue weighted by Crippen LogP contribution is 2.12. The molecule has 0 saturated heterocycles. The third kappa shape index (κ3) is 3.20. The van der Waals surface area contributed by atoms with Gasteiger partial charge in [0.15, 0.2) is 0 Å². The SMILES string of the molecule is CCCOCc1c(I)cnn1CCF. The van der Waals surface area contributed by atoms with Crippen molar-refractivity contribution in [3.8, 4) is 0 Å². The summed E-state index contributed by atoms with van der Waals surface area (Å²) in [6, 6.07) is 0. The van der Waals surface area contributed by atoms with Crippen LogP contribution in [0.1, 0.15) is 19.0 Å². The third-order valence-electron chi connectivity index (χ3n) is 1.78. The molecule has 1 aromatic rings. The Kier molecular flexibility index (Phi) is 5.39. The van der Waals surface area contributed by atoms with Crippen LogP contribution in [0.15, 0.2) is 6.20 Å². The van der Waals surface area contributed by atoms with Gasteiger partial charge in [0, 0.05) is 6.61 Å². The lowest BCUT2D eigenvalue weighted by molar-refractivity contribution is 0.114. The third-order valence-corrected chi connectivity index (χ3v) is 2.68. The summed E-state index contributed by atoms with van der Waals surface area (Å²) in [5, 5.41) is 4.07. The first-order valence-corrected chi connectivity index (χ1v) is 5.71. The molecule has 0 amide bonds. The minimum Gasteiger partial charge on any atom is -0.375 e. The first-order chi connectivity index (χ1) is 6.79. The Balaban J connectivity index is 2.57. The highest BCUT2D eigenvalue weighted by Gasteiger charge is 2.07. The van der Waals surface area contributed by atoms with Gasteiger partial charge in [-0.3, -0.25) is 4.68 Å². The lowest BCUT2D eigenvalue weighted by Gasteiger charge is -2.06. The molecule has 1 heterocycles. The molecule has 5 heteroatoms. The smallest absolute Gasteiger partial charge is 0.109 e. The van der Waals surface area contributed by atoms with Crippen molar-refractivity contribution < 1.29 is 9.13 Å². The number of rotatable bonds is 6. The summed E-state index contributed by atoms with van der Waals surface area (Å²) in [7, 11) is 0. The van der Waals surface area contributed by atoms with Gasteiger partial charge in [-0.25, -0.2) is 4.39 Å². The maximum absolute atomic E-state index is 12.2. The lowest BCUT2D eigenvalue weighted by atomic mass is 10.4. The number of ether oxygens (including phenoxy) is 1. The second kappa shape index (κ2) is 6.34. The molecule has 0 saturated carbocycles. The Hall–Kier alpha value is -0.170. The summed E-state index contributed by atoms with van der Waals surface area (Å²) in [6.45, 7) is 3.24. The van der Waals surface area contributed by atoms with E-state index in [9.17, 15) is 4.39 Å². The maximum atomic E-state index is 12.2. The van der Waals surface area contributed by atoms with E-state index in [0.717, 1.165) is 22.3 Å². The molecule has 0 N–H and O–H groups in total. The van der Waals surface area contributed by atoms with Gasteiger partial charge in [0.25, 0.3) is 0 Å². The van der Waals surface area contributed by atoms with Crippen molar-refractivity contribution in [3.05, 3.63) is 15.5 Å². The monoisotopic (exact) mass is 312 g/mol. The van der Waals surface area contributed by atoms with E-state index in [2.05, 4.69) is 34.6 Å². The molecule has 0 aliphatic rings. The van der Waals surface area contributed by atoms with Crippen LogP contribution in [-0.2, 0) is 17.9 Å². The molecule has 3 nitrogen and oxygen atoms in total. The molecule has 0 radical (unpaired) electrons. The van der Waals surface area contributed by atoms with Crippen molar-refractivity contribution >= 4 is 22.6 Å². The predicted molar refractivity (Wildman–Crippen MR) is 60.9 cm³/mol.